The molecule has 0 aliphatic heterocycles. The third-order valence-electron chi connectivity index (χ3n) is 1.53. The number of nitrogens with two attached hydrogens (primary N) is 1. The van der Waals surface area contributed by atoms with Gasteiger partial charge >= 0.3 is 11.9 Å². The number of rotatable bonds is 6. The minimum atomic E-state index is -3.74. The molecule has 0 saturated heterocycles. The fraction of sp³-hybridized carbons (Fsp3) is 0.429. The van der Waals surface area contributed by atoms with Crippen LogP contribution in [0.5, 0.6) is 0 Å². The van der Waals surface area contributed by atoms with Gasteiger partial charge in [-0.1, -0.05) is 0 Å². The van der Waals surface area contributed by atoms with Gasteiger partial charge in [-0.15, -0.1) is 0 Å². The molecule has 2 atom stereocenters. The molecule has 0 aromatic carbocycles. The highest BCUT2D eigenvalue weighted by Crippen LogP contribution is 2.42. The van der Waals surface area contributed by atoms with E-state index in [2.05, 4.69) is 0 Å². The first-order valence-electron chi connectivity index (χ1n) is 3.96. The van der Waals surface area contributed by atoms with Crippen molar-refractivity contribution < 1.29 is 29.3 Å². The van der Waals surface area contributed by atoms with Gasteiger partial charge in [0.15, 0.2) is 0 Å². The summed E-state index contributed by atoms with van der Waals surface area (Å²) < 4.78 is 11.2. The second-order valence-electron chi connectivity index (χ2n) is 2.87. The largest absolute Gasteiger partial charge is 0.480 e. The van der Waals surface area contributed by atoms with Crippen LogP contribution < -0.4 is 5.73 Å². The Balaban J connectivity index is 4.22. The van der Waals surface area contributed by atoms with Crippen LogP contribution in [0.1, 0.15) is 6.42 Å². The smallest absolute Gasteiger partial charge is 0.328 e. The monoisotopic (exact) mass is 237 g/mol. The van der Waals surface area contributed by atoms with Gasteiger partial charge in [0.05, 0.1) is 0 Å². The van der Waals surface area contributed by atoms with Gasteiger partial charge in [0.2, 0.25) is 7.37 Å². The van der Waals surface area contributed by atoms with Gasteiger partial charge in [-0.05, 0) is 6.42 Å². The van der Waals surface area contributed by atoms with Gasteiger partial charge in [0, 0.05) is 18.1 Å². The van der Waals surface area contributed by atoms with Crippen LogP contribution in [0, 0.1) is 0 Å². The third kappa shape index (κ3) is 6.84. The van der Waals surface area contributed by atoms with Gasteiger partial charge < -0.3 is 20.8 Å². The Labute approximate surface area is 85.7 Å². The first-order chi connectivity index (χ1) is 6.74. The highest BCUT2D eigenvalue weighted by molar-refractivity contribution is 7.61. The molecule has 0 aromatic rings. The first-order valence-corrected chi connectivity index (χ1v) is 5.88. The summed E-state index contributed by atoms with van der Waals surface area (Å²) in [6, 6.07) is -1.22. The van der Waals surface area contributed by atoms with Crippen molar-refractivity contribution in [3.05, 3.63) is 11.9 Å². The summed E-state index contributed by atoms with van der Waals surface area (Å²) in [6.07, 6.45) is 0.00435. The Kier molecular flexibility index (Phi) is 5.21. The topological polar surface area (TPSA) is 138 Å². The number of aliphatic carboxylic acids is 2. The highest BCUT2D eigenvalue weighted by atomic mass is 31.2. The molecule has 7 nitrogen and oxygen atoms in total. The second kappa shape index (κ2) is 5.65. The maximum atomic E-state index is 11.2. The van der Waals surface area contributed by atoms with Crippen molar-refractivity contribution in [1.29, 1.82) is 0 Å². The molecule has 0 rings (SSSR count). The molecule has 86 valence electrons. The third-order valence-corrected chi connectivity index (χ3v) is 3.04. The quantitative estimate of drug-likeness (QED) is 0.366. The van der Waals surface area contributed by atoms with E-state index in [0.29, 0.717) is 11.9 Å². The average molecular weight is 237 g/mol. The SMILES string of the molecule is N[C@@H](CCP(=O)(O)/C=C/C(=O)O)C(=O)O. The van der Waals surface area contributed by atoms with E-state index in [-0.39, 0.29) is 12.6 Å². The second-order valence-corrected chi connectivity index (χ2v) is 5.12. The van der Waals surface area contributed by atoms with E-state index in [9.17, 15) is 14.2 Å². The van der Waals surface area contributed by atoms with E-state index in [0.717, 1.165) is 0 Å². The normalized spacial score (nSPS) is 17.2. The zero-order valence-corrected chi connectivity index (χ0v) is 8.63. The molecule has 0 radical (unpaired) electrons. The summed E-state index contributed by atoms with van der Waals surface area (Å²) in [4.78, 5) is 29.5. The molecule has 15 heavy (non-hydrogen) atoms. The van der Waals surface area contributed by atoms with E-state index >= 15 is 0 Å². The van der Waals surface area contributed by atoms with Crippen LogP contribution >= 0.6 is 7.37 Å². The molecule has 0 spiro atoms. The minimum Gasteiger partial charge on any atom is -0.480 e. The molecule has 0 bridgehead atoms. The Morgan fingerprint density at radius 1 is 1.40 bits per heavy atom. The zero-order valence-electron chi connectivity index (χ0n) is 7.74. The van der Waals surface area contributed by atoms with Crippen molar-refractivity contribution in [3.63, 3.8) is 0 Å². The van der Waals surface area contributed by atoms with Gasteiger partial charge in [-0.2, -0.15) is 0 Å². The molecule has 5 N–H and O–H groups in total. The molecular weight excluding hydrogens is 225 g/mol. The summed E-state index contributed by atoms with van der Waals surface area (Å²) in [5.41, 5.74) is 5.11. The zero-order chi connectivity index (χ0) is 12.1. The molecule has 0 heterocycles. The van der Waals surface area contributed by atoms with Crippen molar-refractivity contribution in [2.75, 3.05) is 6.16 Å². The lowest BCUT2D eigenvalue weighted by Crippen LogP contribution is -2.30. The predicted octanol–water partition coefficient (Wildman–Crippen LogP) is -0.343. The number of carboxylic acid groups (broad SMARTS) is 2. The van der Waals surface area contributed by atoms with Crippen LogP contribution in [-0.4, -0.2) is 39.2 Å². The molecule has 1 unspecified atom stereocenters. The van der Waals surface area contributed by atoms with Crippen LogP contribution in [0.2, 0.25) is 0 Å². The van der Waals surface area contributed by atoms with Gasteiger partial charge in [0.25, 0.3) is 0 Å². The van der Waals surface area contributed by atoms with Crippen molar-refractivity contribution in [1.82, 2.24) is 0 Å². The first kappa shape index (κ1) is 13.8. The van der Waals surface area contributed by atoms with E-state index in [1.54, 1.807) is 0 Å². The highest BCUT2D eigenvalue weighted by Gasteiger charge is 2.19. The number of hydrogen-bond acceptors (Lipinski definition) is 4. The molecule has 0 amide bonds. The molecule has 8 heteroatoms. The van der Waals surface area contributed by atoms with E-state index in [1.165, 1.54) is 0 Å². The summed E-state index contributed by atoms with van der Waals surface area (Å²) in [7, 11) is -3.74. The number of hydrogen-bond donors (Lipinski definition) is 4. The maximum Gasteiger partial charge on any atom is 0.328 e. The lowest BCUT2D eigenvalue weighted by atomic mass is 10.2. The Morgan fingerprint density at radius 3 is 2.33 bits per heavy atom. The minimum absolute atomic E-state index is 0.187. The van der Waals surface area contributed by atoms with E-state index in [4.69, 9.17) is 20.8 Å². The van der Waals surface area contributed by atoms with Crippen LogP contribution in [-0.2, 0) is 14.2 Å². The number of carbonyl (C=O) groups is 2. The molecule has 0 fully saturated rings. The van der Waals surface area contributed by atoms with Crippen molar-refractivity contribution >= 4 is 19.3 Å². The van der Waals surface area contributed by atoms with Crippen LogP contribution in [0.3, 0.4) is 0 Å². The van der Waals surface area contributed by atoms with E-state index in [1.807, 2.05) is 0 Å². The molecular formula is C7H12NO6P. The summed E-state index contributed by atoms with van der Waals surface area (Å²) in [5.74, 6) is -1.95. The molecule has 0 saturated carbocycles. The van der Waals surface area contributed by atoms with E-state index < -0.39 is 25.3 Å². The maximum absolute atomic E-state index is 11.2. The Hall–Kier alpha value is -1.17. The Bertz CT molecular complexity index is 325. The fourth-order valence-corrected chi connectivity index (χ4v) is 1.86. The van der Waals surface area contributed by atoms with Gasteiger partial charge in [0.1, 0.15) is 6.04 Å². The fourth-order valence-electron chi connectivity index (χ4n) is 0.702. The van der Waals surface area contributed by atoms with Crippen LogP contribution in [0.25, 0.3) is 0 Å². The molecule has 0 aromatic heterocycles. The summed E-state index contributed by atoms with van der Waals surface area (Å²) >= 11 is 0. The molecule has 0 aliphatic carbocycles. The molecule has 0 aliphatic rings. The standard InChI is InChI=1S/C7H12NO6P/c8-5(7(11)12)1-3-15(13,14)4-2-6(9)10/h2,4-5H,1,3,8H2,(H,9,10)(H,11,12)(H,13,14)/b4-2+/t5-/m0/s1. The average Bonchev–Trinajstić information content (AvgIpc) is 2.11. The van der Waals surface area contributed by atoms with Crippen molar-refractivity contribution in [2.24, 2.45) is 5.73 Å². The predicted molar refractivity (Wildman–Crippen MR) is 51.7 cm³/mol. The van der Waals surface area contributed by atoms with Crippen molar-refractivity contribution in [3.8, 4) is 0 Å². The Morgan fingerprint density at radius 2 is 1.93 bits per heavy atom. The number of carboxylic acids is 2. The van der Waals surface area contributed by atoms with Crippen LogP contribution in [0.4, 0.5) is 0 Å². The van der Waals surface area contributed by atoms with Gasteiger partial charge in [-0.25, -0.2) is 4.79 Å². The lowest BCUT2D eigenvalue weighted by Gasteiger charge is -2.08. The lowest BCUT2D eigenvalue weighted by molar-refractivity contribution is -0.138. The summed E-state index contributed by atoms with van der Waals surface area (Å²) in [5, 5.41) is 16.6. The van der Waals surface area contributed by atoms with Crippen molar-refractivity contribution in [2.45, 2.75) is 12.5 Å². The summed E-state index contributed by atoms with van der Waals surface area (Å²) in [6.45, 7) is 0. The van der Waals surface area contributed by atoms with Crippen LogP contribution in [0.15, 0.2) is 11.9 Å². The van der Waals surface area contributed by atoms with Gasteiger partial charge in [-0.3, -0.25) is 9.36 Å².